The van der Waals surface area contributed by atoms with Crippen LogP contribution in [-0.4, -0.2) is 59.6 Å². The van der Waals surface area contributed by atoms with Gasteiger partial charge >= 0.3 is 12.1 Å². The lowest BCUT2D eigenvalue weighted by Crippen LogP contribution is -2.41. The molecular weight excluding hydrogens is 434 g/mol. The zero-order valence-corrected chi connectivity index (χ0v) is 17.8. The van der Waals surface area contributed by atoms with E-state index in [4.69, 9.17) is 9.84 Å². The molecule has 33 heavy (non-hydrogen) atoms. The molecule has 2 aromatic rings. The van der Waals surface area contributed by atoms with E-state index in [0.717, 1.165) is 22.3 Å². The maximum absolute atomic E-state index is 13.5. The SMILES string of the molecule is O=C(NCCCC(=O)N1CC(F)(F)C[C@@H]1C(=O)O)OCC1c2ccccc2-c2ccccc21. The number of likely N-dealkylation sites (tertiary alicyclic amines) is 1. The number of carboxylic acid groups (broad SMARTS) is 1. The molecule has 1 fully saturated rings. The second-order valence-corrected chi connectivity index (χ2v) is 8.29. The van der Waals surface area contributed by atoms with E-state index in [1.54, 1.807) is 0 Å². The molecule has 4 rings (SSSR count). The lowest BCUT2D eigenvalue weighted by atomic mass is 9.98. The van der Waals surface area contributed by atoms with Crippen LogP contribution in [0.4, 0.5) is 13.6 Å². The molecule has 7 nitrogen and oxygen atoms in total. The number of halogens is 2. The van der Waals surface area contributed by atoms with Gasteiger partial charge < -0.3 is 20.1 Å². The number of carbonyl (C=O) groups is 3. The maximum Gasteiger partial charge on any atom is 0.407 e. The number of carboxylic acids is 1. The first-order valence-electron chi connectivity index (χ1n) is 10.8. The van der Waals surface area contributed by atoms with Gasteiger partial charge in [-0.05, 0) is 28.7 Å². The van der Waals surface area contributed by atoms with Crippen molar-refractivity contribution in [3.63, 3.8) is 0 Å². The number of carbonyl (C=O) groups excluding carboxylic acids is 2. The van der Waals surface area contributed by atoms with Gasteiger partial charge in [-0.15, -0.1) is 0 Å². The molecular formula is C24H24F2N2O5. The first kappa shape index (κ1) is 22.7. The van der Waals surface area contributed by atoms with Gasteiger partial charge in [-0.3, -0.25) is 4.79 Å². The van der Waals surface area contributed by atoms with E-state index >= 15 is 0 Å². The summed E-state index contributed by atoms with van der Waals surface area (Å²) in [5.41, 5.74) is 4.42. The Bertz CT molecular complexity index is 1030. The van der Waals surface area contributed by atoms with Crippen molar-refractivity contribution in [2.24, 2.45) is 0 Å². The molecule has 1 aliphatic carbocycles. The van der Waals surface area contributed by atoms with E-state index in [1.807, 2.05) is 48.5 Å². The zero-order valence-electron chi connectivity index (χ0n) is 17.8. The predicted octanol–water partition coefficient (Wildman–Crippen LogP) is 3.63. The Morgan fingerprint density at radius 1 is 1.06 bits per heavy atom. The molecule has 2 amide bonds. The van der Waals surface area contributed by atoms with Crippen LogP contribution in [0.2, 0.25) is 0 Å². The molecule has 0 saturated carbocycles. The van der Waals surface area contributed by atoms with Crippen LogP contribution >= 0.6 is 0 Å². The molecule has 174 valence electrons. The smallest absolute Gasteiger partial charge is 0.407 e. The number of fused-ring (bicyclic) bond motifs is 3. The molecule has 0 unspecified atom stereocenters. The van der Waals surface area contributed by atoms with Crippen LogP contribution in [0.25, 0.3) is 11.1 Å². The van der Waals surface area contributed by atoms with Crippen molar-refractivity contribution in [3.05, 3.63) is 59.7 Å². The van der Waals surface area contributed by atoms with Gasteiger partial charge in [0.25, 0.3) is 5.92 Å². The maximum atomic E-state index is 13.5. The second kappa shape index (κ2) is 9.17. The van der Waals surface area contributed by atoms with Crippen molar-refractivity contribution in [1.29, 1.82) is 0 Å². The van der Waals surface area contributed by atoms with Crippen LogP contribution in [-0.2, 0) is 14.3 Å². The van der Waals surface area contributed by atoms with Crippen LogP contribution in [0, 0.1) is 0 Å². The summed E-state index contributed by atoms with van der Waals surface area (Å²) in [4.78, 5) is 36.2. The fourth-order valence-electron chi connectivity index (χ4n) is 4.52. The lowest BCUT2D eigenvalue weighted by Gasteiger charge is -2.20. The van der Waals surface area contributed by atoms with Crippen LogP contribution in [0.1, 0.15) is 36.3 Å². The third-order valence-electron chi connectivity index (χ3n) is 6.06. The third kappa shape index (κ3) is 4.81. The monoisotopic (exact) mass is 458 g/mol. The molecule has 1 saturated heterocycles. The highest BCUT2D eigenvalue weighted by molar-refractivity contribution is 5.84. The van der Waals surface area contributed by atoms with Crippen LogP contribution < -0.4 is 5.32 Å². The molecule has 0 aromatic heterocycles. The van der Waals surface area contributed by atoms with E-state index in [2.05, 4.69) is 5.32 Å². The number of alkyl carbamates (subject to hydrolysis) is 1. The van der Waals surface area contributed by atoms with Crippen molar-refractivity contribution in [1.82, 2.24) is 10.2 Å². The summed E-state index contributed by atoms with van der Waals surface area (Å²) >= 11 is 0. The fraction of sp³-hybridized carbons (Fsp3) is 0.375. The number of hydrogen-bond acceptors (Lipinski definition) is 4. The van der Waals surface area contributed by atoms with Crippen LogP contribution in [0.5, 0.6) is 0 Å². The number of aliphatic carboxylic acids is 1. The first-order chi connectivity index (χ1) is 15.8. The summed E-state index contributed by atoms with van der Waals surface area (Å²) < 4.78 is 32.5. The fourth-order valence-corrected chi connectivity index (χ4v) is 4.52. The number of benzene rings is 2. The largest absolute Gasteiger partial charge is 0.480 e. The number of rotatable bonds is 7. The van der Waals surface area contributed by atoms with Crippen LogP contribution in [0.15, 0.2) is 48.5 Å². The summed E-state index contributed by atoms with van der Waals surface area (Å²) in [6.45, 7) is -0.644. The number of ether oxygens (including phenoxy) is 1. The zero-order chi connectivity index (χ0) is 23.6. The van der Waals surface area contributed by atoms with Gasteiger partial charge in [-0.25, -0.2) is 18.4 Å². The minimum absolute atomic E-state index is 0.0745. The highest BCUT2D eigenvalue weighted by Gasteiger charge is 2.49. The lowest BCUT2D eigenvalue weighted by molar-refractivity contribution is -0.148. The Balaban J connectivity index is 1.24. The third-order valence-corrected chi connectivity index (χ3v) is 6.06. The number of nitrogens with one attached hydrogen (secondary N) is 1. The van der Waals surface area contributed by atoms with Gasteiger partial charge in [-0.1, -0.05) is 48.5 Å². The molecule has 1 aliphatic heterocycles. The Morgan fingerprint density at radius 3 is 2.27 bits per heavy atom. The normalized spacial score (nSPS) is 18.5. The second-order valence-electron chi connectivity index (χ2n) is 8.29. The van der Waals surface area contributed by atoms with Gasteiger partial charge in [0.2, 0.25) is 5.91 Å². The van der Waals surface area contributed by atoms with E-state index in [0.29, 0.717) is 4.90 Å². The first-order valence-corrected chi connectivity index (χ1v) is 10.8. The van der Waals surface area contributed by atoms with Crippen molar-refractivity contribution in [3.8, 4) is 11.1 Å². The number of amides is 2. The van der Waals surface area contributed by atoms with Gasteiger partial charge in [0.15, 0.2) is 0 Å². The molecule has 1 atom stereocenters. The molecule has 2 aliphatic rings. The predicted molar refractivity (Wildman–Crippen MR) is 115 cm³/mol. The highest BCUT2D eigenvalue weighted by Crippen LogP contribution is 2.44. The Hall–Kier alpha value is -3.49. The van der Waals surface area contributed by atoms with Crippen LogP contribution in [0.3, 0.4) is 0 Å². The highest BCUT2D eigenvalue weighted by atomic mass is 19.3. The summed E-state index contributed by atoms with van der Waals surface area (Å²) in [6.07, 6.45) is -1.49. The van der Waals surface area contributed by atoms with Gasteiger partial charge in [0.05, 0.1) is 6.54 Å². The van der Waals surface area contributed by atoms with Crippen molar-refractivity contribution < 1.29 is 33.0 Å². The average Bonchev–Trinajstić information content (AvgIpc) is 3.29. The number of alkyl halides is 2. The Morgan fingerprint density at radius 2 is 1.67 bits per heavy atom. The minimum Gasteiger partial charge on any atom is -0.480 e. The summed E-state index contributed by atoms with van der Waals surface area (Å²) in [5, 5.41) is 11.6. The molecule has 0 radical (unpaired) electrons. The van der Waals surface area contributed by atoms with Crippen molar-refractivity contribution >= 4 is 18.0 Å². The summed E-state index contributed by atoms with van der Waals surface area (Å²) in [6, 6.07) is 14.4. The summed E-state index contributed by atoms with van der Waals surface area (Å²) in [5.74, 6) is -5.40. The molecule has 2 N–H and O–H groups in total. The number of hydrogen-bond donors (Lipinski definition) is 2. The molecule has 2 aromatic carbocycles. The van der Waals surface area contributed by atoms with Gasteiger partial charge in [-0.2, -0.15) is 0 Å². The topological polar surface area (TPSA) is 95.9 Å². The summed E-state index contributed by atoms with van der Waals surface area (Å²) in [7, 11) is 0. The van der Waals surface area contributed by atoms with Gasteiger partial charge in [0.1, 0.15) is 12.6 Å². The molecule has 0 spiro atoms. The minimum atomic E-state index is -3.21. The van der Waals surface area contributed by atoms with E-state index in [9.17, 15) is 23.2 Å². The van der Waals surface area contributed by atoms with Gasteiger partial charge in [0, 0.05) is 25.3 Å². The van der Waals surface area contributed by atoms with E-state index < -0.39 is 42.9 Å². The molecule has 1 heterocycles. The Kier molecular flexibility index (Phi) is 6.31. The average molecular weight is 458 g/mol. The standard InChI is InChI=1S/C24H24F2N2O5/c25-24(26)12-20(22(30)31)28(14-24)21(29)10-5-11-27-23(32)33-13-19-17-8-3-1-6-15(17)16-7-2-4-9-18(16)19/h1-4,6-9,19-20H,5,10-14H2,(H,27,32)(H,30,31)/t20-/m1/s1. The number of nitrogens with zero attached hydrogens (tertiary/aromatic N) is 1. The van der Waals surface area contributed by atoms with E-state index in [-0.39, 0.29) is 31.9 Å². The van der Waals surface area contributed by atoms with E-state index in [1.165, 1.54) is 0 Å². The quantitative estimate of drug-likeness (QED) is 0.618. The molecule has 9 heteroatoms. The Labute approximate surface area is 189 Å². The molecule has 0 bridgehead atoms. The van der Waals surface area contributed by atoms with Crippen molar-refractivity contribution in [2.45, 2.75) is 37.1 Å². The van der Waals surface area contributed by atoms with Crippen molar-refractivity contribution in [2.75, 3.05) is 19.7 Å².